The molecule has 2 rings (SSSR count). The van der Waals surface area contributed by atoms with Crippen LogP contribution in [0.25, 0.3) is 0 Å². The molecular weight excluding hydrogens is 412 g/mol. The summed E-state index contributed by atoms with van der Waals surface area (Å²) >= 11 is 6.04. The van der Waals surface area contributed by atoms with E-state index in [4.69, 9.17) is 16.3 Å². The maximum atomic E-state index is 12.4. The topological polar surface area (TPSA) is 75.7 Å². The number of amides is 1. The number of benzene rings is 2. The molecule has 29 heavy (non-hydrogen) atoms. The van der Waals surface area contributed by atoms with Crippen molar-refractivity contribution in [3.05, 3.63) is 58.6 Å². The van der Waals surface area contributed by atoms with Crippen LogP contribution in [0.3, 0.4) is 0 Å². The predicted molar refractivity (Wildman–Crippen MR) is 117 cm³/mol. The highest BCUT2D eigenvalue weighted by atomic mass is 35.5. The molecule has 0 radical (unpaired) electrons. The van der Waals surface area contributed by atoms with Crippen LogP contribution in [-0.2, 0) is 14.8 Å². The van der Waals surface area contributed by atoms with Crippen LogP contribution in [0, 0.1) is 6.92 Å². The van der Waals surface area contributed by atoms with Gasteiger partial charge in [-0.2, -0.15) is 0 Å². The molecule has 1 amide bonds. The number of nitrogens with one attached hydrogen (secondary N) is 1. The Bertz CT molecular complexity index is 963. The second-order valence-corrected chi connectivity index (χ2v) is 9.24. The fraction of sp³-hybridized carbons (Fsp3) is 0.381. The summed E-state index contributed by atoms with van der Waals surface area (Å²) in [4.78, 5) is 12.4. The highest BCUT2D eigenvalue weighted by molar-refractivity contribution is 7.92. The number of aryl methyl sites for hydroxylation is 1. The SMILES string of the molecule is COc1ccccc1[C@@H](C)NC(=O)CCCN(c1cc(Cl)ccc1C)S(C)(=O)=O. The monoisotopic (exact) mass is 438 g/mol. The third-order valence-electron chi connectivity index (χ3n) is 4.59. The van der Waals surface area contributed by atoms with E-state index in [-0.39, 0.29) is 24.9 Å². The molecule has 0 aromatic heterocycles. The van der Waals surface area contributed by atoms with Gasteiger partial charge in [0.1, 0.15) is 5.75 Å². The van der Waals surface area contributed by atoms with Gasteiger partial charge in [-0.15, -0.1) is 0 Å². The molecule has 0 aliphatic heterocycles. The second-order valence-electron chi connectivity index (χ2n) is 6.90. The highest BCUT2D eigenvalue weighted by Crippen LogP contribution is 2.27. The largest absolute Gasteiger partial charge is 0.496 e. The lowest BCUT2D eigenvalue weighted by Crippen LogP contribution is -2.33. The van der Waals surface area contributed by atoms with Crippen molar-refractivity contribution < 1.29 is 17.9 Å². The van der Waals surface area contributed by atoms with Gasteiger partial charge in [-0.3, -0.25) is 9.10 Å². The number of rotatable bonds is 9. The van der Waals surface area contributed by atoms with Crippen molar-refractivity contribution in [1.29, 1.82) is 0 Å². The quantitative estimate of drug-likeness (QED) is 0.640. The number of sulfonamides is 1. The van der Waals surface area contributed by atoms with Gasteiger partial charge in [-0.1, -0.05) is 35.9 Å². The van der Waals surface area contributed by atoms with Gasteiger partial charge >= 0.3 is 0 Å². The molecule has 0 spiro atoms. The van der Waals surface area contributed by atoms with E-state index in [2.05, 4.69) is 5.32 Å². The number of para-hydroxylation sites is 1. The summed E-state index contributed by atoms with van der Waals surface area (Å²) in [6.45, 7) is 3.90. The lowest BCUT2D eigenvalue weighted by Gasteiger charge is -2.24. The Morgan fingerprint density at radius 3 is 2.59 bits per heavy atom. The van der Waals surface area contributed by atoms with Crippen molar-refractivity contribution >= 4 is 33.2 Å². The zero-order chi connectivity index (χ0) is 21.6. The molecule has 0 fully saturated rings. The highest BCUT2D eigenvalue weighted by Gasteiger charge is 2.20. The average molecular weight is 439 g/mol. The molecule has 0 saturated heterocycles. The van der Waals surface area contributed by atoms with Crippen molar-refractivity contribution in [3.63, 3.8) is 0 Å². The Balaban J connectivity index is 2.00. The van der Waals surface area contributed by atoms with Crippen molar-refractivity contribution in [2.45, 2.75) is 32.7 Å². The Morgan fingerprint density at radius 1 is 1.24 bits per heavy atom. The first-order valence-electron chi connectivity index (χ1n) is 9.29. The minimum absolute atomic E-state index is 0.153. The van der Waals surface area contributed by atoms with E-state index in [0.717, 1.165) is 17.4 Å². The lowest BCUT2D eigenvalue weighted by molar-refractivity contribution is -0.121. The molecule has 0 saturated carbocycles. The third-order valence-corrected chi connectivity index (χ3v) is 6.00. The molecule has 1 atom stereocenters. The van der Waals surface area contributed by atoms with E-state index in [1.807, 2.05) is 38.1 Å². The first kappa shape index (κ1) is 23.0. The Hall–Kier alpha value is -2.25. The molecule has 0 heterocycles. The molecule has 2 aromatic rings. The van der Waals surface area contributed by atoms with Gasteiger partial charge in [0, 0.05) is 23.6 Å². The average Bonchev–Trinajstić information content (AvgIpc) is 2.66. The van der Waals surface area contributed by atoms with E-state index < -0.39 is 10.0 Å². The van der Waals surface area contributed by atoms with Crippen LogP contribution in [-0.4, -0.2) is 34.2 Å². The number of hydrogen-bond donors (Lipinski definition) is 1. The minimum Gasteiger partial charge on any atom is -0.496 e. The van der Waals surface area contributed by atoms with E-state index in [1.165, 1.54) is 4.31 Å². The maximum absolute atomic E-state index is 12.4. The minimum atomic E-state index is -3.50. The van der Waals surface area contributed by atoms with Gasteiger partial charge in [0.05, 0.1) is 25.1 Å². The van der Waals surface area contributed by atoms with Crippen molar-refractivity contribution in [2.75, 3.05) is 24.2 Å². The molecule has 0 unspecified atom stereocenters. The van der Waals surface area contributed by atoms with Crippen LogP contribution < -0.4 is 14.4 Å². The Labute approximate surface area is 177 Å². The van der Waals surface area contributed by atoms with Gasteiger partial charge < -0.3 is 10.1 Å². The fourth-order valence-electron chi connectivity index (χ4n) is 3.11. The molecule has 0 aliphatic rings. The standard InChI is InChI=1S/C21H27ClN2O4S/c1-15-11-12-17(22)14-19(15)24(29(4,26)27)13-7-10-21(25)23-16(2)18-8-5-6-9-20(18)28-3/h5-6,8-9,11-12,14,16H,7,10,13H2,1-4H3,(H,23,25)/t16-/m1/s1. The third kappa shape index (κ3) is 6.37. The van der Waals surface area contributed by atoms with E-state index in [0.29, 0.717) is 22.9 Å². The number of ether oxygens (including phenoxy) is 1. The number of hydrogen-bond acceptors (Lipinski definition) is 4. The maximum Gasteiger partial charge on any atom is 0.232 e. The zero-order valence-electron chi connectivity index (χ0n) is 17.1. The van der Waals surface area contributed by atoms with E-state index in [1.54, 1.807) is 25.3 Å². The molecule has 6 nitrogen and oxygen atoms in total. The fourth-order valence-corrected chi connectivity index (χ4v) is 4.30. The van der Waals surface area contributed by atoms with Crippen molar-refractivity contribution in [2.24, 2.45) is 0 Å². The summed E-state index contributed by atoms with van der Waals surface area (Å²) in [5.74, 6) is 0.555. The van der Waals surface area contributed by atoms with Crippen molar-refractivity contribution in [3.8, 4) is 5.75 Å². The summed E-state index contributed by atoms with van der Waals surface area (Å²) in [5.41, 5.74) is 2.22. The van der Waals surface area contributed by atoms with Crippen LogP contribution in [0.1, 0.15) is 36.9 Å². The first-order valence-corrected chi connectivity index (χ1v) is 11.5. The predicted octanol–water partition coefficient (Wildman–Crippen LogP) is 4.08. The molecule has 158 valence electrons. The van der Waals surface area contributed by atoms with Gasteiger partial charge in [0.15, 0.2) is 0 Å². The Kier molecular flexibility index (Phi) is 7.93. The zero-order valence-corrected chi connectivity index (χ0v) is 18.7. The number of anilines is 1. The number of halogens is 1. The second kappa shape index (κ2) is 9.98. The molecule has 8 heteroatoms. The summed E-state index contributed by atoms with van der Waals surface area (Å²) in [6, 6.07) is 12.4. The van der Waals surface area contributed by atoms with Crippen LogP contribution in [0.4, 0.5) is 5.69 Å². The van der Waals surface area contributed by atoms with Crippen LogP contribution in [0.2, 0.25) is 5.02 Å². The van der Waals surface area contributed by atoms with Gasteiger partial charge in [-0.05, 0) is 44.0 Å². The smallest absolute Gasteiger partial charge is 0.232 e. The number of carbonyl (C=O) groups is 1. The summed E-state index contributed by atoms with van der Waals surface area (Å²) in [6.07, 6.45) is 1.73. The number of carbonyl (C=O) groups excluding carboxylic acids is 1. The number of nitrogens with zero attached hydrogens (tertiary/aromatic N) is 1. The van der Waals surface area contributed by atoms with E-state index in [9.17, 15) is 13.2 Å². The number of methoxy groups -OCH3 is 1. The first-order chi connectivity index (χ1) is 13.6. The Morgan fingerprint density at radius 2 is 1.93 bits per heavy atom. The lowest BCUT2D eigenvalue weighted by atomic mass is 10.1. The van der Waals surface area contributed by atoms with Crippen LogP contribution in [0.15, 0.2) is 42.5 Å². The van der Waals surface area contributed by atoms with Gasteiger partial charge in [0.2, 0.25) is 15.9 Å². The molecule has 1 N–H and O–H groups in total. The van der Waals surface area contributed by atoms with Crippen LogP contribution in [0.5, 0.6) is 5.75 Å². The van der Waals surface area contributed by atoms with Gasteiger partial charge in [-0.25, -0.2) is 8.42 Å². The van der Waals surface area contributed by atoms with Crippen molar-refractivity contribution in [1.82, 2.24) is 5.32 Å². The van der Waals surface area contributed by atoms with Crippen LogP contribution >= 0.6 is 11.6 Å². The summed E-state index contributed by atoms with van der Waals surface area (Å²) in [7, 11) is -1.92. The summed E-state index contributed by atoms with van der Waals surface area (Å²) < 4.78 is 31.2. The summed E-state index contributed by atoms with van der Waals surface area (Å²) in [5, 5.41) is 3.40. The molecular formula is C21H27ClN2O4S. The molecule has 0 bridgehead atoms. The molecule has 0 aliphatic carbocycles. The van der Waals surface area contributed by atoms with Gasteiger partial charge in [0.25, 0.3) is 0 Å². The van der Waals surface area contributed by atoms with E-state index >= 15 is 0 Å². The normalized spacial score (nSPS) is 12.3. The molecule has 2 aromatic carbocycles.